The first kappa shape index (κ1) is 21.3. The Morgan fingerprint density at radius 2 is 1.43 bits per heavy atom. The summed E-state index contributed by atoms with van der Waals surface area (Å²) in [6, 6.07) is 11.3. The normalized spacial score (nSPS) is 10.2. The van der Waals surface area contributed by atoms with Gasteiger partial charge in [0, 0.05) is 0 Å². The Kier molecular flexibility index (Phi) is 8.34. The zero-order chi connectivity index (χ0) is 20.4. The standard InChI is InChI=1S/C22H26O6/c1-4-5-6-7-14-27-21(23)16-10-8-11-17(15-16)22(24)28-20-18(25-2)12-9-13-19(20)26-3/h8-13,15H,4-7,14H2,1-3H3. The summed E-state index contributed by atoms with van der Waals surface area (Å²) in [4.78, 5) is 24.8. The van der Waals surface area contributed by atoms with Crippen molar-refractivity contribution in [1.82, 2.24) is 0 Å². The first-order chi connectivity index (χ1) is 13.6. The maximum absolute atomic E-state index is 12.6. The number of carbonyl (C=O) groups excluding carboxylic acids is 2. The first-order valence-electron chi connectivity index (χ1n) is 9.31. The van der Waals surface area contributed by atoms with Crippen molar-refractivity contribution in [2.75, 3.05) is 20.8 Å². The van der Waals surface area contributed by atoms with E-state index in [1.54, 1.807) is 36.4 Å². The molecule has 0 radical (unpaired) electrons. The molecule has 0 heterocycles. The molecule has 150 valence electrons. The third-order valence-corrected chi connectivity index (χ3v) is 4.14. The zero-order valence-electron chi connectivity index (χ0n) is 16.5. The summed E-state index contributed by atoms with van der Waals surface area (Å²) in [6.07, 6.45) is 4.09. The molecule has 0 saturated carbocycles. The highest BCUT2D eigenvalue weighted by molar-refractivity contribution is 5.96. The molecule has 0 unspecified atom stereocenters. The van der Waals surface area contributed by atoms with Crippen LogP contribution in [0.4, 0.5) is 0 Å². The number of ether oxygens (including phenoxy) is 4. The van der Waals surface area contributed by atoms with Crippen molar-refractivity contribution in [3.8, 4) is 17.2 Å². The van der Waals surface area contributed by atoms with E-state index < -0.39 is 11.9 Å². The maximum atomic E-state index is 12.6. The number of methoxy groups -OCH3 is 2. The molecule has 6 heteroatoms. The lowest BCUT2D eigenvalue weighted by Gasteiger charge is -2.13. The Labute approximate surface area is 165 Å². The largest absolute Gasteiger partial charge is 0.493 e. The van der Waals surface area contributed by atoms with Crippen LogP contribution in [0.3, 0.4) is 0 Å². The summed E-state index contributed by atoms with van der Waals surface area (Å²) in [5, 5.41) is 0. The molecule has 0 spiro atoms. The molecule has 2 aromatic carbocycles. The van der Waals surface area contributed by atoms with Crippen molar-refractivity contribution in [2.45, 2.75) is 32.6 Å². The summed E-state index contributed by atoms with van der Waals surface area (Å²) < 4.78 is 21.2. The van der Waals surface area contributed by atoms with Gasteiger partial charge in [-0.3, -0.25) is 0 Å². The Hall–Kier alpha value is -3.02. The van der Waals surface area contributed by atoms with E-state index in [1.165, 1.54) is 20.3 Å². The molecule has 0 fully saturated rings. The van der Waals surface area contributed by atoms with E-state index in [0.29, 0.717) is 23.7 Å². The van der Waals surface area contributed by atoms with Gasteiger partial charge in [-0.2, -0.15) is 0 Å². The molecule has 0 N–H and O–H groups in total. The van der Waals surface area contributed by atoms with Crippen LogP contribution < -0.4 is 14.2 Å². The third-order valence-electron chi connectivity index (χ3n) is 4.14. The van der Waals surface area contributed by atoms with Crippen molar-refractivity contribution in [1.29, 1.82) is 0 Å². The Balaban J connectivity index is 2.07. The van der Waals surface area contributed by atoms with E-state index in [0.717, 1.165) is 25.7 Å². The van der Waals surface area contributed by atoms with E-state index in [1.807, 2.05) is 0 Å². The Morgan fingerprint density at radius 3 is 2.04 bits per heavy atom. The molecule has 0 amide bonds. The van der Waals surface area contributed by atoms with Crippen LogP contribution >= 0.6 is 0 Å². The maximum Gasteiger partial charge on any atom is 0.343 e. The van der Waals surface area contributed by atoms with E-state index in [4.69, 9.17) is 18.9 Å². The van der Waals surface area contributed by atoms with Gasteiger partial charge in [-0.15, -0.1) is 0 Å². The number of rotatable bonds is 10. The summed E-state index contributed by atoms with van der Waals surface area (Å²) in [5.41, 5.74) is 0.533. The van der Waals surface area contributed by atoms with Gasteiger partial charge in [0.15, 0.2) is 11.5 Å². The van der Waals surface area contributed by atoms with Gasteiger partial charge in [-0.1, -0.05) is 38.3 Å². The van der Waals surface area contributed by atoms with Crippen molar-refractivity contribution >= 4 is 11.9 Å². The van der Waals surface area contributed by atoms with Crippen LogP contribution in [0.2, 0.25) is 0 Å². The van der Waals surface area contributed by atoms with Crippen LogP contribution in [0, 0.1) is 0 Å². The summed E-state index contributed by atoms with van der Waals surface area (Å²) in [6.45, 7) is 2.49. The van der Waals surface area contributed by atoms with E-state index >= 15 is 0 Å². The number of unbranched alkanes of at least 4 members (excludes halogenated alkanes) is 3. The number of esters is 2. The number of para-hydroxylation sites is 1. The quantitative estimate of drug-likeness (QED) is 0.336. The average molecular weight is 386 g/mol. The summed E-state index contributed by atoms with van der Waals surface area (Å²) >= 11 is 0. The smallest absolute Gasteiger partial charge is 0.343 e. The van der Waals surface area contributed by atoms with Crippen molar-refractivity contribution in [3.05, 3.63) is 53.6 Å². The second-order valence-electron chi connectivity index (χ2n) is 6.16. The second-order valence-corrected chi connectivity index (χ2v) is 6.16. The van der Waals surface area contributed by atoms with E-state index in [-0.39, 0.29) is 11.3 Å². The molecule has 2 aromatic rings. The molecule has 6 nitrogen and oxygen atoms in total. The number of hydrogen-bond donors (Lipinski definition) is 0. The SMILES string of the molecule is CCCCCCOC(=O)c1cccc(C(=O)Oc2c(OC)cccc2OC)c1. The highest BCUT2D eigenvalue weighted by Crippen LogP contribution is 2.37. The molecule has 0 aliphatic heterocycles. The summed E-state index contributed by atoms with van der Waals surface area (Å²) in [5.74, 6) is -0.159. The van der Waals surface area contributed by atoms with Crippen LogP contribution in [0.25, 0.3) is 0 Å². The third kappa shape index (κ3) is 5.74. The minimum atomic E-state index is -0.625. The number of benzene rings is 2. The van der Waals surface area contributed by atoms with Gasteiger partial charge < -0.3 is 18.9 Å². The topological polar surface area (TPSA) is 71.1 Å². The second kappa shape index (κ2) is 11.0. The Bertz CT molecular complexity index is 777. The van der Waals surface area contributed by atoms with Gasteiger partial charge in [-0.25, -0.2) is 9.59 Å². The van der Waals surface area contributed by atoms with Crippen LogP contribution in [-0.2, 0) is 4.74 Å². The molecule has 0 bridgehead atoms. The van der Waals surface area contributed by atoms with Gasteiger partial charge in [0.2, 0.25) is 5.75 Å². The van der Waals surface area contributed by atoms with Gasteiger partial charge in [0.25, 0.3) is 0 Å². The average Bonchev–Trinajstić information content (AvgIpc) is 2.73. The molecule has 0 aliphatic carbocycles. The fraction of sp³-hybridized carbons (Fsp3) is 0.364. The monoisotopic (exact) mass is 386 g/mol. The van der Waals surface area contributed by atoms with Crippen molar-refractivity contribution in [2.24, 2.45) is 0 Å². The molecular formula is C22H26O6. The molecule has 0 atom stereocenters. The first-order valence-corrected chi connectivity index (χ1v) is 9.31. The van der Waals surface area contributed by atoms with Gasteiger partial charge >= 0.3 is 11.9 Å². The van der Waals surface area contributed by atoms with Gasteiger partial charge in [-0.05, 0) is 36.8 Å². The van der Waals surface area contributed by atoms with Crippen LogP contribution in [-0.4, -0.2) is 32.8 Å². The molecule has 2 rings (SSSR count). The minimum absolute atomic E-state index is 0.182. The molecule has 28 heavy (non-hydrogen) atoms. The van der Waals surface area contributed by atoms with Crippen LogP contribution in [0.15, 0.2) is 42.5 Å². The lowest BCUT2D eigenvalue weighted by atomic mass is 10.1. The molecular weight excluding hydrogens is 360 g/mol. The predicted octanol–water partition coefficient (Wildman–Crippen LogP) is 4.66. The molecule has 0 aliphatic rings. The molecule has 0 saturated heterocycles. The minimum Gasteiger partial charge on any atom is -0.493 e. The van der Waals surface area contributed by atoms with E-state index in [2.05, 4.69) is 6.92 Å². The van der Waals surface area contributed by atoms with Gasteiger partial charge in [0.1, 0.15) is 0 Å². The highest BCUT2D eigenvalue weighted by atomic mass is 16.6. The fourth-order valence-electron chi connectivity index (χ4n) is 2.62. The molecule has 0 aromatic heterocycles. The lowest BCUT2D eigenvalue weighted by molar-refractivity contribution is 0.0498. The Morgan fingerprint density at radius 1 is 0.821 bits per heavy atom. The predicted molar refractivity (Wildman–Crippen MR) is 105 cm³/mol. The van der Waals surface area contributed by atoms with Gasteiger partial charge in [0.05, 0.1) is 32.0 Å². The number of carbonyl (C=O) groups is 2. The summed E-state index contributed by atoms with van der Waals surface area (Å²) in [7, 11) is 2.95. The van der Waals surface area contributed by atoms with E-state index in [9.17, 15) is 9.59 Å². The van der Waals surface area contributed by atoms with Crippen LogP contribution in [0.1, 0.15) is 53.3 Å². The highest BCUT2D eigenvalue weighted by Gasteiger charge is 2.18. The van der Waals surface area contributed by atoms with Crippen molar-refractivity contribution in [3.63, 3.8) is 0 Å². The van der Waals surface area contributed by atoms with Crippen molar-refractivity contribution < 1.29 is 28.5 Å². The zero-order valence-corrected chi connectivity index (χ0v) is 16.5. The number of hydrogen-bond acceptors (Lipinski definition) is 6. The fourth-order valence-corrected chi connectivity index (χ4v) is 2.62. The van der Waals surface area contributed by atoms with Crippen LogP contribution in [0.5, 0.6) is 17.2 Å². The lowest BCUT2D eigenvalue weighted by Crippen LogP contribution is -2.12.